The molecule has 1 nitrogen and oxygen atoms in total. The highest BCUT2D eigenvalue weighted by Gasteiger charge is 1.65. The molecule has 1 heteroatoms. The summed E-state index contributed by atoms with van der Waals surface area (Å²) >= 11 is 0. The van der Waals surface area contributed by atoms with E-state index in [9.17, 15) is 0 Å². The third-order valence-corrected chi connectivity index (χ3v) is 0.541. The van der Waals surface area contributed by atoms with Crippen molar-refractivity contribution >= 4 is 0 Å². The molecule has 0 aliphatic heterocycles. The zero-order chi connectivity index (χ0) is 7.70. The second-order valence-electron chi connectivity index (χ2n) is 1.63. The summed E-state index contributed by atoms with van der Waals surface area (Å²) in [5.74, 6) is 0. The lowest BCUT2D eigenvalue weighted by Gasteiger charge is -1.78. The van der Waals surface area contributed by atoms with Gasteiger partial charge in [0.2, 0.25) is 0 Å². The zero-order valence-corrected chi connectivity index (χ0v) is 6.81. The lowest BCUT2D eigenvalue weighted by Crippen LogP contribution is -1.72. The Morgan fingerprint density at radius 2 is 1.67 bits per heavy atom. The van der Waals surface area contributed by atoms with Gasteiger partial charge >= 0.3 is 0 Å². The predicted octanol–water partition coefficient (Wildman–Crippen LogP) is 2.45. The highest BCUT2D eigenvalue weighted by molar-refractivity contribution is 5.06. The maximum atomic E-state index is 5.05. The van der Waals surface area contributed by atoms with Gasteiger partial charge in [-0.1, -0.05) is 25.5 Å². The van der Waals surface area contributed by atoms with Crippen LogP contribution < -0.4 is 5.73 Å². The van der Waals surface area contributed by atoms with Crippen LogP contribution in [0, 0.1) is 0 Å². The number of allylic oxidation sites excluding steroid dienone is 3. The molecule has 0 fully saturated rings. The summed E-state index contributed by atoms with van der Waals surface area (Å²) in [7, 11) is 0. The van der Waals surface area contributed by atoms with Crippen molar-refractivity contribution in [2.45, 2.75) is 27.7 Å². The Hall–Kier alpha value is -0.720. The highest BCUT2D eigenvalue weighted by Crippen LogP contribution is 1.86. The first-order chi connectivity index (χ1) is 4.27. The predicted molar refractivity (Wildman–Crippen MR) is 44.1 cm³/mol. The Morgan fingerprint density at radius 3 is 1.78 bits per heavy atom. The first kappa shape index (κ1) is 11.1. The fourth-order valence-electron chi connectivity index (χ4n) is 0.248. The van der Waals surface area contributed by atoms with Crippen molar-refractivity contribution in [2.75, 3.05) is 0 Å². The third kappa shape index (κ3) is 18.9. The molecule has 9 heavy (non-hydrogen) atoms. The standard InChI is InChI=1S/C6H11N.C2H6/c1-6(2)4-3-5-7;1-2/h3-5H,7H2,1-2H3;1-2H3/b5-3-;. The van der Waals surface area contributed by atoms with E-state index in [2.05, 4.69) is 0 Å². The minimum atomic E-state index is 1.27. The fourth-order valence-corrected chi connectivity index (χ4v) is 0.248. The Morgan fingerprint density at radius 1 is 1.22 bits per heavy atom. The summed E-state index contributed by atoms with van der Waals surface area (Å²) < 4.78 is 0. The van der Waals surface area contributed by atoms with Crippen LogP contribution in [0.4, 0.5) is 0 Å². The Balaban J connectivity index is 0. The van der Waals surface area contributed by atoms with Gasteiger partial charge in [0.1, 0.15) is 0 Å². The fraction of sp³-hybridized carbons (Fsp3) is 0.500. The zero-order valence-electron chi connectivity index (χ0n) is 6.81. The summed E-state index contributed by atoms with van der Waals surface area (Å²) in [6, 6.07) is 0. The molecule has 0 bridgehead atoms. The van der Waals surface area contributed by atoms with Gasteiger partial charge in [0, 0.05) is 0 Å². The molecular formula is C8H17N. The summed E-state index contributed by atoms with van der Waals surface area (Å²) in [6.45, 7) is 8.06. The van der Waals surface area contributed by atoms with Gasteiger partial charge in [0.05, 0.1) is 0 Å². The number of hydrogen-bond acceptors (Lipinski definition) is 1. The molecule has 0 aromatic carbocycles. The Labute approximate surface area is 58.3 Å². The third-order valence-electron chi connectivity index (χ3n) is 0.541. The second-order valence-corrected chi connectivity index (χ2v) is 1.63. The first-order valence-electron chi connectivity index (χ1n) is 3.29. The molecule has 0 heterocycles. The van der Waals surface area contributed by atoms with Gasteiger partial charge in [-0.25, -0.2) is 0 Å². The lowest BCUT2D eigenvalue weighted by atomic mass is 10.3. The van der Waals surface area contributed by atoms with Crippen LogP contribution in [0.1, 0.15) is 27.7 Å². The van der Waals surface area contributed by atoms with Gasteiger partial charge in [-0.05, 0) is 26.1 Å². The Bertz CT molecular complexity index is 86.7. The van der Waals surface area contributed by atoms with Crippen LogP contribution >= 0.6 is 0 Å². The molecule has 0 aromatic rings. The molecule has 0 saturated heterocycles. The van der Waals surface area contributed by atoms with Crippen molar-refractivity contribution in [1.82, 2.24) is 0 Å². The average molecular weight is 127 g/mol. The monoisotopic (exact) mass is 127 g/mol. The van der Waals surface area contributed by atoms with E-state index in [4.69, 9.17) is 5.73 Å². The summed E-state index contributed by atoms with van der Waals surface area (Å²) in [5.41, 5.74) is 6.32. The normalized spacial score (nSPS) is 8.00. The molecule has 0 spiro atoms. The second kappa shape index (κ2) is 10.3. The van der Waals surface area contributed by atoms with Crippen LogP contribution in [0.3, 0.4) is 0 Å². The van der Waals surface area contributed by atoms with E-state index in [1.54, 1.807) is 0 Å². The molecule has 0 aromatic heterocycles. The summed E-state index contributed by atoms with van der Waals surface area (Å²) in [6.07, 6.45) is 5.29. The van der Waals surface area contributed by atoms with Crippen molar-refractivity contribution < 1.29 is 0 Å². The van der Waals surface area contributed by atoms with Crippen molar-refractivity contribution in [2.24, 2.45) is 5.73 Å². The number of rotatable bonds is 1. The van der Waals surface area contributed by atoms with Crippen molar-refractivity contribution in [3.8, 4) is 0 Å². The lowest BCUT2D eigenvalue weighted by molar-refractivity contribution is 1.39. The van der Waals surface area contributed by atoms with Crippen LogP contribution in [0.5, 0.6) is 0 Å². The maximum absolute atomic E-state index is 5.05. The molecule has 0 atom stereocenters. The minimum Gasteiger partial charge on any atom is -0.405 e. The molecule has 0 amide bonds. The SMILES string of the molecule is CC.CC(C)=C/C=C\N. The number of nitrogens with two attached hydrogens (primary N) is 1. The van der Waals surface area contributed by atoms with E-state index in [-0.39, 0.29) is 0 Å². The largest absolute Gasteiger partial charge is 0.405 e. The van der Waals surface area contributed by atoms with E-state index >= 15 is 0 Å². The molecule has 0 aliphatic rings. The van der Waals surface area contributed by atoms with E-state index in [0.29, 0.717) is 0 Å². The quantitative estimate of drug-likeness (QED) is 0.538. The van der Waals surface area contributed by atoms with Gasteiger partial charge in [0.25, 0.3) is 0 Å². The van der Waals surface area contributed by atoms with Gasteiger partial charge in [0.15, 0.2) is 0 Å². The van der Waals surface area contributed by atoms with Gasteiger partial charge < -0.3 is 5.73 Å². The van der Waals surface area contributed by atoms with Crippen LogP contribution in [0.2, 0.25) is 0 Å². The van der Waals surface area contributed by atoms with E-state index in [1.165, 1.54) is 11.8 Å². The highest BCUT2D eigenvalue weighted by atomic mass is 14.5. The summed E-state index contributed by atoms with van der Waals surface area (Å²) in [5, 5.41) is 0. The van der Waals surface area contributed by atoms with Crippen LogP contribution in [0.25, 0.3) is 0 Å². The van der Waals surface area contributed by atoms with E-state index in [0.717, 1.165) is 0 Å². The van der Waals surface area contributed by atoms with Gasteiger partial charge in [-0.2, -0.15) is 0 Å². The molecule has 0 saturated carbocycles. The minimum absolute atomic E-state index is 1.27. The van der Waals surface area contributed by atoms with E-state index in [1.807, 2.05) is 39.8 Å². The van der Waals surface area contributed by atoms with Crippen LogP contribution in [-0.4, -0.2) is 0 Å². The molecule has 2 N–H and O–H groups in total. The van der Waals surface area contributed by atoms with E-state index < -0.39 is 0 Å². The smallest absolute Gasteiger partial charge is 0.00624 e. The average Bonchev–Trinajstić information content (AvgIpc) is 1.88. The maximum Gasteiger partial charge on any atom is -0.00624 e. The molecule has 0 unspecified atom stereocenters. The first-order valence-corrected chi connectivity index (χ1v) is 3.29. The molecular weight excluding hydrogens is 110 g/mol. The summed E-state index contributed by atoms with van der Waals surface area (Å²) in [4.78, 5) is 0. The van der Waals surface area contributed by atoms with Crippen molar-refractivity contribution in [3.05, 3.63) is 23.9 Å². The van der Waals surface area contributed by atoms with Crippen LogP contribution in [-0.2, 0) is 0 Å². The van der Waals surface area contributed by atoms with Gasteiger partial charge in [-0.15, -0.1) is 0 Å². The van der Waals surface area contributed by atoms with Crippen molar-refractivity contribution in [3.63, 3.8) is 0 Å². The number of hydrogen-bond donors (Lipinski definition) is 1. The van der Waals surface area contributed by atoms with Crippen molar-refractivity contribution in [1.29, 1.82) is 0 Å². The molecule has 0 rings (SSSR count). The topological polar surface area (TPSA) is 26.0 Å². The molecule has 0 radical (unpaired) electrons. The Kier molecular flexibility index (Phi) is 12.7. The molecule has 0 aliphatic carbocycles. The van der Waals surface area contributed by atoms with Crippen LogP contribution in [0.15, 0.2) is 23.9 Å². The molecule has 54 valence electrons. The van der Waals surface area contributed by atoms with Gasteiger partial charge in [-0.3, -0.25) is 0 Å².